The van der Waals surface area contributed by atoms with Crippen molar-refractivity contribution in [1.29, 1.82) is 0 Å². The summed E-state index contributed by atoms with van der Waals surface area (Å²) in [5.41, 5.74) is 1.53. The molecule has 1 saturated heterocycles. The third-order valence-corrected chi connectivity index (χ3v) is 4.17. The minimum Gasteiger partial charge on any atom is -0.481 e. The Kier molecular flexibility index (Phi) is 4.65. The number of carbonyl (C=O) groups excluding carboxylic acids is 1. The van der Waals surface area contributed by atoms with Gasteiger partial charge in [-0.25, -0.2) is 0 Å². The Balaban J connectivity index is 1.97. The standard InChI is InChI=1S/C15H18ClNO3/c1-10-8-12(3-4-13(10)16)15(20)17-7-6-11(9-17)2-5-14(18)19/h3-4,8,11H,2,5-7,9H2,1H3,(H,18,19). The van der Waals surface area contributed by atoms with E-state index >= 15 is 0 Å². The van der Waals surface area contributed by atoms with Gasteiger partial charge in [0.05, 0.1) is 0 Å². The Morgan fingerprint density at radius 2 is 2.20 bits per heavy atom. The summed E-state index contributed by atoms with van der Waals surface area (Å²) in [5.74, 6) is -0.478. The quantitative estimate of drug-likeness (QED) is 0.929. The Morgan fingerprint density at radius 1 is 1.45 bits per heavy atom. The number of aryl methyl sites for hydroxylation is 1. The van der Waals surface area contributed by atoms with Gasteiger partial charge in [-0.15, -0.1) is 0 Å². The van der Waals surface area contributed by atoms with Gasteiger partial charge in [-0.1, -0.05) is 11.6 Å². The third kappa shape index (κ3) is 3.51. The van der Waals surface area contributed by atoms with Crippen LogP contribution in [0.2, 0.25) is 5.02 Å². The number of hydrogen-bond donors (Lipinski definition) is 1. The van der Waals surface area contributed by atoms with E-state index in [4.69, 9.17) is 16.7 Å². The molecule has 2 rings (SSSR count). The van der Waals surface area contributed by atoms with Crippen LogP contribution < -0.4 is 0 Å². The molecule has 0 bridgehead atoms. The maximum Gasteiger partial charge on any atom is 0.303 e. The van der Waals surface area contributed by atoms with Crippen molar-refractivity contribution < 1.29 is 14.7 Å². The van der Waals surface area contributed by atoms with Gasteiger partial charge in [0, 0.05) is 30.1 Å². The van der Waals surface area contributed by atoms with E-state index in [1.165, 1.54) is 0 Å². The SMILES string of the molecule is Cc1cc(C(=O)N2CCC(CCC(=O)O)C2)ccc1Cl. The smallest absolute Gasteiger partial charge is 0.303 e. The van der Waals surface area contributed by atoms with E-state index in [-0.39, 0.29) is 12.3 Å². The number of hydrogen-bond acceptors (Lipinski definition) is 2. The molecule has 1 aromatic carbocycles. The average Bonchev–Trinajstić information content (AvgIpc) is 2.87. The van der Waals surface area contributed by atoms with E-state index in [2.05, 4.69) is 0 Å². The number of rotatable bonds is 4. The molecule has 1 fully saturated rings. The molecule has 1 heterocycles. The first-order valence-corrected chi connectivity index (χ1v) is 7.12. The zero-order valence-electron chi connectivity index (χ0n) is 11.4. The molecule has 1 aliphatic heterocycles. The maximum absolute atomic E-state index is 12.4. The zero-order chi connectivity index (χ0) is 14.7. The first kappa shape index (κ1) is 14.9. The number of nitrogens with zero attached hydrogens (tertiary/aromatic N) is 1. The van der Waals surface area contributed by atoms with Crippen molar-refractivity contribution in [3.63, 3.8) is 0 Å². The zero-order valence-corrected chi connectivity index (χ0v) is 12.2. The molecule has 1 unspecified atom stereocenters. The van der Waals surface area contributed by atoms with E-state index in [1.54, 1.807) is 23.1 Å². The molecule has 5 heteroatoms. The van der Waals surface area contributed by atoms with Crippen molar-refractivity contribution in [3.8, 4) is 0 Å². The Bertz CT molecular complexity index is 530. The van der Waals surface area contributed by atoms with Crippen molar-refractivity contribution >= 4 is 23.5 Å². The van der Waals surface area contributed by atoms with Gasteiger partial charge < -0.3 is 10.0 Å². The lowest BCUT2D eigenvalue weighted by atomic mass is 10.0. The van der Waals surface area contributed by atoms with Gasteiger partial charge in [0.25, 0.3) is 5.91 Å². The highest BCUT2D eigenvalue weighted by atomic mass is 35.5. The molecule has 1 amide bonds. The molecular formula is C15H18ClNO3. The van der Waals surface area contributed by atoms with Gasteiger partial charge in [-0.05, 0) is 49.4 Å². The van der Waals surface area contributed by atoms with Gasteiger partial charge in [0.1, 0.15) is 0 Å². The fourth-order valence-electron chi connectivity index (χ4n) is 2.54. The van der Waals surface area contributed by atoms with Crippen LogP contribution >= 0.6 is 11.6 Å². The molecule has 4 nitrogen and oxygen atoms in total. The first-order valence-electron chi connectivity index (χ1n) is 6.74. The van der Waals surface area contributed by atoms with E-state index in [9.17, 15) is 9.59 Å². The normalized spacial score (nSPS) is 18.3. The number of carbonyl (C=O) groups is 2. The second-order valence-corrected chi connectivity index (χ2v) is 5.71. The summed E-state index contributed by atoms with van der Waals surface area (Å²) in [4.78, 5) is 24.7. The van der Waals surface area contributed by atoms with Crippen molar-refractivity contribution in [2.45, 2.75) is 26.2 Å². The van der Waals surface area contributed by atoms with Crippen molar-refractivity contribution in [2.75, 3.05) is 13.1 Å². The molecule has 0 aliphatic carbocycles. The van der Waals surface area contributed by atoms with Crippen LogP contribution in [0.3, 0.4) is 0 Å². The van der Waals surface area contributed by atoms with Crippen LogP contribution in [-0.2, 0) is 4.79 Å². The van der Waals surface area contributed by atoms with Crippen LogP contribution in [0.4, 0.5) is 0 Å². The molecule has 0 radical (unpaired) electrons. The fourth-order valence-corrected chi connectivity index (χ4v) is 2.66. The van der Waals surface area contributed by atoms with Gasteiger partial charge in [-0.2, -0.15) is 0 Å². The highest BCUT2D eigenvalue weighted by Gasteiger charge is 2.27. The van der Waals surface area contributed by atoms with Crippen LogP contribution in [0.5, 0.6) is 0 Å². The molecule has 1 aromatic rings. The molecule has 108 valence electrons. The monoisotopic (exact) mass is 295 g/mol. The van der Waals surface area contributed by atoms with E-state index in [0.717, 1.165) is 12.0 Å². The summed E-state index contributed by atoms with van der Waals surface area (Å²) < 4.78 is 0. The molecule has 0 aromatic heterocycles. The summed E-state index contributed by atoms with van der Waals surface area (Å²) >= 11 is 5.96. The summed E-state index contributed by atoms with van der Waals surface area (Å²) in [6.07, 6.45) is 1.69. The first-order chi connectivity index (χ1) is 9.47. The molecule has 0 saturated carbocycles. The Labute approximate surface area is 123 Å². The number of amides is 1. The number of benzene rings is 1. The van der Waals surface area contributed by atoms with Gasteiger partial charge >= 0.3 is 5.97 Å². The predicted molar refractivity (Wildman–Crippen MR) is 77.1 cm³/mol. The maximum atomic E-state index is 12.4. The van der Waals surface area contributed by atoms with Gasteiger partial charge in [-0.3, -0.25) is 9.59 Å². The minimum absolute atomic E-state index is 0.00240. The summed E-state index contributed by atoms with van der Waals surface area (Å²) in [5, 5.41) is 9.35. The molecule has 0 spiro atoms. The van der Waals surface area contributed by atoms with E-state index < -0.39 is 5.97 Å². The molecule has 1 N–H and O–H groups in total. The lowest BCUT2D eigenvalue weighted by molar-refractivity contribution is -0.137. The number of carboxylic acid groups (broad SMARTS) is 1. The molecule has 20 heavy (non-hydrogen) atoms. The molecular weight excluding hydrogens is 278 g/mol. The summed E-state index contributed by atoms with van der Waals surface area (Å²) in [6.45, 7) is 3.22. The lowest BCUT2D eigenvalue weighted by Gasteiger charge is -2.17. The number of carboxylic acids is 1. The summed E-state index contributed by atoms with van der Waals surface area (Å²) in [6, 6.07) is 5.28. The third-order valence-electron chi connectivity index (χ3n) is 3.74. The van der Waals surface area contributed by atoms with Crippen molar-refractivity contribution in [1.82, 2.24) is 4.90 Å². The average molecular weight is 296 g/mol. The predicted octanol–water partition coefficient (Wildman–Crippen LogP) is 2.98. The Hall–Kier alpha value is -1.55. The summed E-state index contributed by atoms with van der Waals surface area (Å²) in [7, 11) is 0. The topological polar surface area (TPSA) is 57.6 Å². The largest absolute Gasteiger partial charge is 0.481 e. The molecule has 1 aliphatic rings. The highest BCUT2D eigenvalue weighted by Crippen LogP contribution is 2.24. The van der Waals surface area contributed by atoms with Crippen LogP contribution in [0, 0.1) is 12.8 Å². The van der Waals surface area contributed by atoms with Gasteiger partial charge in [0.15, 0.2) is 0 Å². The Morgan fingerprint density at radius 3 is 2.85 bits per heavy atom. The van der Waals surface area contributed by atoms with Crippen LogP contribution in [0.25, 0.3) is 0 Å². The van der Waals surface area contributed by atoms with Crippen LogP contribution in [0.1, 0.15) is 35.2 Å². The van der Waals surface area contributed by atoms with E-state index in [1.807, 2.05) is 6.92 Å². The van der Waals surface area contributed by atoms with Crippen molar-refractivity contribution in [2.24, 2.45) is 5.92 Å². The second-order valence-electron chi connectivity index (χ2n) is 5.30. The molecule has 1 atom stereocenters. The van der Waals surface area contributed by atoms with E-state index in [0.29, 0.717) is 36.0 Å². The van der Waals surface area contributed by atoms with Crippen molar-refractivity contribution in [3.05, 3.63) is 34.3 Å². The number of aliphatic carboxylic acids is 1. The fraction of sp³-hybridized carbons (Fsp3) is 0.467. The van der Waals surface area contributed by atoms with Crippen LogP contribution in [0.15, 0.2) is 18.2 Å². The minimum atomic E-state index is -0.775. The lowest BCUT2D eigenvalue weighted by Crippen LogP contribution is -2.28. The van der Waals surface area contributed by atoms with Crippen LogP contribution in [-0.4, -0.2) is 35.0 Å². The second kappa shape index (κ2) is 6.27. The number of likely N-dealkylation sites (tertiary alicyclic amines) is 1. The highest BCUT2D eigenvalue weighted by molar-refractivity contribution is 6.31. The number of halogens is 1. The van der Waals surface area contributed by atoms with Gasteiger partial charge in [0.2, 0.25) is 0 Å².